The number of rotatable bonds is 0. The standard InChI is InChI=1S/C4H5NS.B/c1-4-2-6-3-5-4;/h2-3H,1H3;. The molecular weight excluding hydrogens is 105 g/mol. The van der Waals surface area contributed by atoms with E-state index in [1.54, 1.807) is 11.3 Å². The summed E-state index contributed by atoms with van der Waals surface area (Å²) in [5.74, 6) is 0. The molecule has 0 saturated heterocycles. The molecule has 0 aromatic carbocycles. The zero-order valence-electron chi connectivity index (χ0n) is 4.09. The Hall–Kier alpha value is -0.305. The van der Waals surface area contributed by atoms with E-state index in [-0.39, 0.29) is 8.41 Å². The highest BCUT2D eigenvalue weighted by Gasteiger charge is 1.76. The van der Waals surface area contributed by atoms with Crippen molar-refractivity contribution in [1.82, 2.24) is 4.98 Å². The Labute approximate surface area is 49.0 Å². The Morgan fingerprint density at radius 3 is 2.57 bits per heavy atom. The minimum Gasteiger partial charge on any atom is -0.250 e. The van der Waals surface area contributed by atoms with Crippen LogP contribution in [-0.4, -0.2) is 13.4 Å². The second kappa shape index (κ2) is 2.80. The van der Waals surface area contributed by atoms with E-state index in [1.165, 1.54) is 0 Å². The van der Waals surface area contributed by atoms with Crippen LogP contribution in [0.1, 0.15) is 5.69 Å². The van der Waals surface area contributed by atoms with Crippen LogP contribution in [0.15, 0.2) is 10.9 Å². The van der Waals surface area contributed by atoms with Gasteiger partial charge in [0, 0.05) is 19.5 Å². The number of hydrogen-bond donors (Lipinski definition) is 0. The Balaban J connectivity index is 0.000000360. The first kappa shape index (κ1) is 6.69. The highest BCUT2D eigenvalue weighted by molar-refractivity contribution is 7.07. The van der Waals surface area contributed by atoms with E-state index in [2.05, 4.69) is 4.98 Å². The third kappa shape index (κ3) is 1.73. The molecule has 1 nitrogen and oxygen atoms in total. The molecule has 0 aliphatic carbocycles. The van der Waals surface area contributed by atoms with E-state index in [0.29, 0.717) is 0 Å². The van der Waals surface area contributed by atoms with Gasteiger partial charge in [0.15, 0.2) is 0 Å². The molecule has 3 heteroatoms. The van der Waals surface area contributed by atoms with Gasteiger partial charge < -0.3 is 0 Å². The van der Waals surface area contributed by atoms with Crippen molar-refractivity contribution in [3.05, 3.63) is 16.6 Å². The topological polar surface area (TPSA) is 12.9 Å². The quantitative estimate of drug-likeness (QED) is 0.455. The highest BCUT2D eigenvalue weighted by Crippen LogP contribution is 1.95. The zero-order valence-corrected chi connectivity index (χ0v) is 4.90. The number of thiazole rings is 1. The lowest BCUT2D eigenvalue weighted by Gasteiger charge is -1.64. The van der Waals surface area contributed by atoms with Gasteiger partial charge in [-0.2, -0.15) is 0 Å². The van der Waals surface area contributed by atoms with Gasteiger partial charge >= 0.3 is 0 Å². The molecule has 0 bridgehead atoms. The van der Waals surface area contributed by atoms with Gasteiger partial charge in [0.2, 0.25) is 0 Å². The number of hydrogen-bond acceptors (Lipinski definition) is 2. The Bertz CT molecular complexity index is 115. The van der Waals surface area contributed by atoms with Crippen molar-refractivity contribution >= 4 is 19.7 Å². The number of nitrogens with zero attached hydrogens (tertiary/aromatic N) is 1. The third-order valence-electron chi connectivity index (χ3n) is 0.556. The average Bonchev–Trinajstić information content (AvgIpc) is 1.86. The molecule has 0 spiro atoms. The van der Waals surface area contributed by atoms with Crippen molar-refractivity contribution in [2.75, 3.05) is 0 Å². The van der Waals surface area contributed by atoms with E-state index < -0.39 is 0 Å². The molecular formula is C4H5BNS. The molecule has 0 amide bonds. The van der Waals surface area contributed by atoms with Crippen molar-refractivity contribution in [2.24, 2.45) is 0 Å². The molecule has 0 saturated carbocycles. The lowest BCUT2D eigenvalue weighted by atomic mass is 10.6. The summed E-state index contributed by atoms with van der Waals surface area (Å²) in [7, 11) is 0. The van der Waals surface area contributed by atoms with Crippen LogP contribution in [0.3, 0.4) is 0 Å². The van der Waals surface area contributed by atoms with Gasteiger partial charge in [-0.05, 0) is 6.92 Å². The predicted octanol–water partition coefficient (Wildman–Crippen LogP) is 1.07. The molecule has 1 rings (SSSR count). The monoisotopic (exact) mass is 110 g/mol. The molecule has 1 aromatic heterocycles. The molecule has 0 aliphatic heterocycles. The molecule has 1 heterocycles. The van der Waals surface area contributed by atoms with Crippen LogP contribution in [0.4, 0.5) is 0 Å². The summed E-state index contributed by atoms with van der Waals surface area (Å²) in [5, 5.41) is 2.01. The molecule has 3 radical (unpaired) electrons. The van der Waals surface area contributed by atoms with Crippen LogP contribution < -0.4 is 0 Å². The van der Waals surface area contributed by atoms with E-state index in [0.717, 1.165) is 5.69 Å². The average molecular weight is 110 g/mol. The summed E-state index contributed by atoms with van der Waals surface area (Å²) in [6.07, 6.45) is 0. The fraction of sp³-hybridized carbons (Fsp3) is 0.250. The minimum atomic E-state index is 0. The Kier molecular flexibility index (Phi) is 2.68. The van der Waals surface area contributed by atoms with Gasteiger partial charge in [0.05, 0.1) is 5.51 Å². The molecule has 0 atom stereocenters. The fourth-order valence-electron chi connectivity index (χ4n) is 0.273. The largest absolute Gasteiger partial charge is 0.250 e. The first-order valence-corrected chi connectivity index (χ1v) is 2.68. The highest BCUT2D eigenvalue weighted by atomic mass is 32.1. The van der Waals surface area contributed by atoms with Crippen LogP contribution in [0.25, 0.3) is 0 Å². The summed E-state index contributed by atoms with van der Waals surface area (Å²) >= 11 is 1.63. The maximum atomic E-state index is 3.94. The second-order valence-electron chi connectivity index (χ2n) is 1.13. The van der Waals surface area contributed by atoms with E-state index in [1.807, 2.05) is 17.8 Å². The Morgan fingerprint density at radius 2 is 2.43 bits per heavy atom. The lowest BCUT2D eigenvalue weighted by molar-refractivity contribution is 1.27. The van der Waals surface area contributed by atoms with Gasteiger partial charge in [-0.3, -0.25) is 4.98 Å². The minimum absolute atomic E-state index is 0. The maximum absolute atomic E-state index is 3.94. The van der Waals surface area contributed by atoms with Gasteiger partial charge in [0.1, 0.15) is 0 Å². The molecule has 0 fully saturated rings. The summed E-state index contributed by atoms with van der Waals surface area (Å²) < 4.78 is 0. The summed E-state index contributed by atoms with van der Waals surface area (Å²) in [4.78, 5) is 3.94. The van der Waals surface area contributed by atoms with Crippen molar-refractivity contribution < 1.29 is 0 Å². The SMILES string of the molecule is Cc1cscn1.[B]. The molecule has 0 aliphatic rings. The van der Waals surface area contributed by atoms with Crippen molar-refractivity contribution in [2.45, 2.75) is 6.92 Å². The van der Waals surface area contributed by atoms with E-state index in [4.69, 9.17) is 0 Å². The van der Waals surface area contributed by atoms with Crippen LogP contribution in [0.2, 0.25) is 0 Å². The van der Waals surface area contributed by atoms with Gasteiger partial charge in [-0.25, -0.2) is 0 Å². The van der Waals surface area contributed by atoms with Crippen LogP contribution in [0.5, 0.6) is 0 Å². The van der Waals surface area contributed by atoms with Crippen LogP contribution in [-0.2, 0) is 0 Å². The zero-order chi connectivity index (χ0) is 4.41. The van der Waals surface area contributed by atoms with Crippen LogP contribution >= 0.6 is 11.3 Å². The second-order valence-corrected chi connectivity index (χ2v) is 1.85. The first-order chi connectivity index (χ1) is 2.89. The molecule has 0 unspecified atom stereocenters. The van der Waals surface area contributed by atoms with Crippen molar-refractivity contribution in [1.29, 1.82) is 0 Å². The number of aryl methyl sites for hydroxylation is 1. The lowest BCUT2D eigenvalue weighted by Crippen LogP contribution is -1.59. The van der Waals surface area contributed by atoms with Crippen LogP contribution in [0, 0.1) is 6.92 Å². The van der Waals surface area contributed by atoms with E-state index >= 15 is 0 Å². The summed E-state index contributed by atoms with van der Waals surface area (Å²) in [6, 6.07) is 0. The third-order valence-corrected chi connectivity index (χ3v) is 1.26. The summed E-state index contributed by atoms with van der Waals surface area (Å²) in [5.41, 5.74) is 2.94. The Morgan fingerprint density at radius 1 is 1.71 bits per heavy atom. The van der Waals surface area contributed by atoms with Gasteiger partial charge in [0.25, 0.3) is 0 Å². The first-order valence-electron chi connectivity index (χ1n) is 1.74. The molecule has 1 aromatic rings. The van der Waals surface area contributed by atoms with E-state index in [9.17, 15) is 0 Å². The smallest absolute Gasteiger partial charge is 0.0794 e. The number of aromatic nitrogens is 1. The normalized spacial score (nSPS) is 7.57. The molecule has 0 N–H and O–H groups in total. The maximum Gasteiger partial charge on any atom is 0.0794 e. The van der Waals surface area contributed by atoms with Gasteiger partial charge in [-0.15, -0.1) is 11.3 Å². The summed E-state index contributed by atoms with van der Waals surface area (Å²) in [6.45, 7) is 1.98. The predicted molar refractivity (Wildman–Crippen MR) is 32.6 cm³/mol. The van der Waals surface area contributed by atoms with Crippen molar-refractivity contribution in [3.8, 4) is 0 Å². The van der Waals surface area contributed by atoms with Gasteiger partial charge in [-0.1, -0.05) is 0 Å². The van der Waals surface area contributed by atoms with Crippen molar-refractivity contribution in [3.63, 3.8) is 0 Å². The molecule has 7 heavy (non-hydrogen) atoms. The fourth-order valence-corrected chi connectivity index (χ4v) is 0.819. The molecule has 35 valence electrons.